The molecular formula is C22H21F6N5OS. The lowest BCUT2D eigenvalue weighted by Crippen LogP contribution is -2.37. The zero-order valence-electron chi connectivity index (χ0n) is 18.5. The second kappa shape index (κ2) is 10.1. The topological polar surface area (TPSA) is 63.2 Å². The Bertz CT molecular complexity index is 1140. The van der Waals surface area contributed by atoms with Crippen LogP contribution in [-0.2, 0) is 23.5 Å². The molecule has 0 amide bonds. The molecule has 13 heteroatoms. The van der Waals surface area contributed by atoms with E-state index < -0.39 is 29.2 Å². The standard InChI is InChI=1S/C22H21F6N5OS/c1-13-18(3-5-33-6-8-34-9-7-33)35-19(30-13)17-2-4-29-20(32-17)31-16-11-14(21(23,24)25)10-15(12-16)22(26,27)28/h2,4,10-12H,3,5-9H2,1H3,(H,29,31,32). The van der Waals surface area contributed by atoms with Gasteiger partial charge in [0.25, 0.3) is 0 Å². The first-order valence-electron chi connectivity index (χ1n) is 10.7. The summed E-state index contributed by atoms with van der Waals surface area (Å²) in [7, 11) is 0. The van der Waals surface area contributed by atoms with E-state index in [0.717, 1.165) is 36.6 Å². The molecule has 35 heavy (non-hydrogen) atoms. The highest BCUT2D eigenvalue weighted by Gasteiger charge is 2.37. The van der Waals surface area contributed by atoms with E-state index in [4.69, 9.17) is 4.74 Å². The van der Waals surface area contributed by atoms with Gasteiger partial charge in [0.2, 0.25) is 5.95 Å². The van der Waals surface area contributed by atoms with Crippen LogP contribution >= 0.6 is 11.3 Å². The van der Waals surface area contributed by atoms with Gasteiger partial charge in [-0.3, -0.25) is 4.90 Å². The van der Waals surface area contributed by atoms with Crippen LogP contribution in [0, 0.1) is 6.92 Å². The molecule has 2 aromatic heterocycles. The maximum atomic E-state index is 13.1. The van der Waals surface area contributed by atoms with E-state index in [2.05, 4.69) is 25.2 Å². The fraction of sp³-hybridized carbons (Fsp3) is 0.409. The van der Waals surface area contributed by atoms with Gasteiger partial charge >= 0.3 is 12.4 Å². The van der Waals surface area contributed by atoms with Crippen LogP contribution in [0.4, 0.5) is 38.0 Å². The van der Waals surface area contributed by atoms with Crippen molar-refractivity contribution in [1.82, 2.24) is 19.9 Å². The van der Waals surface area contributed by atoms with Crippen LogP contribution in [-0.4, -0.2) is 52.7 Å². The first-order valence-corrected chi connectivity index (χ1v) is 11.5. The number of hydrogen-bond acceptors (Lipinski definition) is 7. The zero-order chi connectivity index (χ0) is 25.2. The fourth-order valence-corrected chi connectivity index (χ4v) is 4.57. The van der Waals surface area contributed by atoms with Crippen molar-refractivity contribution in [1.29, 1.82) is 0 Å². The number of thiazole rings is 1. The molecule has 0 saturated carbocycles. The molecule has 0 unspecified atom stereocenters. The average Bonchev–Trinajstić information content (AvgIpc) is 3.18. The summed E-state index contributed by atoms with van der Waals surface area (Å²) in [4.78, 5) is 16.1. The normalized spacial score (nSPS) is 15.4. The number of benzene rings is 1. The number of aryl methyl sites for hydroxylation is 1. The first kappa shape index (κ1) is 25.3. The zero-order valence-corrected chi connectivity index (χ0v) is 19.3. The lowest BCUT2D eigenvalue weighted by Gasteiger charge is -2.26. The Labute approximate surface area is 201 Å². The fourth-order valence-electron chi connectivity index (χ4n) is 3.55. The van der Waals surface area contributed by atoms with Crippen molar-refractivity contribution in [3.63, 3.8) is 0 Å². The molecule has 3 aromatic rings. The molecule has 1 aliphatic rings. The van der Waals surface area contributed by atoms with Crippen LogP contribution < -0.4 is 5.32 Å². The third-order valence-corrected chi connectivity index (χ3v) is 6.61. The number of halogens is 6. The Kier molecular flexibility index (Phi) is 7.29. The SMILES string of the molecule is Cc1nc(-c2ccnc(Nc3cc(C(F)(F)F)cc(C(F)(F)F)c3)n2)sc1CCN1CCOCC1. The molecule has 0 radical (unpaired) electrons. The smallest absolute Gasteiger partial charge is 0.379 e. The van der Waals surface area contributed by atoms with Gasteiger partial charge in [0.15, 0.2) is 0 Å². The van der Waals surface area contributed by atoms with Crippen LogP contribution in [0.2, 0.25) is 0 Å². The van der Waals surface area contributed by atoms with E-state index in [-0.39, 0.29) is 12.0 Å². The predicted octanol–water partition coefficient (Wildman–Crippen LogP) is 5.56. The summed E-state index contributed by atoms with van der Waals surface area (Å²) in [6, 6.07) is 2.83. The Morgan fingerprint density at radius 1 is 1.00 bits per heavy atom. The minimum atomic E-state index is -4.95. The number of anilines is 2. The first-order chi connectivity index (χ1) is 16.5. The van der Waals surface area contributed by atoms with Crippen LogP contribution in [0.5, 0.6) is 0 Å². The monoisotopic (exact) mass is 517 g/mol. The van der Waals surface area contributed by atoms with Crippen LogP contribution in [0.3, 0.4) is 0 Å². The van der Waals surface area contributed by atoms with Crippen LogP contribution in [0.15, 0.2) is 30.5 Å². The summed E-state index contributed by atoms with van der Waals surface area (Å²) in [5.41, 5.74) is -2.01. The summed E-state index contributed by atoms with van der Waals surface area (Å²) in [6.45, 7) is 5.91. The molecule has 1 saturated heterocycles. The molecular weight excluding hydrogens is 496 g/mol. The number of morpholine rings is 1. The quantitative estimate of drug-likeness (QED) is 0.432. The number of alkyl halides is 6. The third kappa shape index (κ3) is 6.47. The van der Waals surface area contributed by atoms with E-state index >= 15 is 0 Å². The van der Waals surface area contributed by atoms with Gasteiger partial charge in [0.05, 0.1) is 30.0 Å². The highest BCUT2D eigenvalue weighted by Crippen LogP contribution is 2.38. The van der Waals surface area contributed by atoms with Gasteiger partial charge in [-0.25, -0.2) is 15.0 Å². The highest BCUT2D eigenvalue weighted by atomic mass is 32.1. The van der Waals surface area contributed by atoms with Crippen molar-refractivity contribution >= 4 is 23.0 Å². The molecule has 0 spiro atoms. The summed E-state index contributed by atoms with van der Waals surface area (Å²) < 4.78 is 84.2. The van der Waals surface area contributed by atoms with Gasteiger partial charge in [-0.2, -0.15) is 26.3 Å². The van der Waals surface area contributed by atoms with Gasteiger partial charge in [-0.1, -0.05) is 0 Å². The molecule has 1 aliphatic heterocycles. The van der Waals surface area contributed by atoms with E-state index in [1.54, 1.807) is 6.07 Å². The Morgan fingerprint density at radius 2 is 1.66 bits per heavy atom. The molecule has 188 valence electrons. The summed E-state index contributed by atoms with van der Waals surface area (Å²) in [5.74, 6) is -0.141. The van der Waals surface area contributed by atoms with Crippen molar-refractivity contribution in [2.45, 2.75) is 25.7 Å². The highest BCUT2D eigenvalue weighted by molar-refractivity contribution is 7.15. The molecule has 1 N–H and O–H groups in total. The maximum absolute atomic E-state index is 13.1. The summed E-state index contributed by atoms with van der Waals surface area (Å²) >= 11 is 1.44. The van der Waals surface area contributed by atoms with Crippen molar-refractivity contribution < 1.29 is 31.1 Å². The third-order valence-electron chi connectivity index (χ3n) is 5.37. The number of aromatic nitrogens is 3. The van der Waals surface area contributed by atoms with Crippen molar-refractivity contribution in [3.05, 3.63) is 52.2 Å². The van der Waals surface area contributed by atoms with E-state index in [9.17, 15) is 26.3 Å². The van der Waals surface area contributed by atoms with E-state index in [0.29, 0.717) is 36.0 Å². The van der Waals surface area contributed by atoms with Gasteiger partial charge in [0.1, 0.15) is 10.7 Å². The van der Waals surface area contributed by atoms with Gasteiger partial charge in [-0.15, -0.1) is 11.3 Å². The second-order valence-electron chi connectivity index (χ2n) is 7.92. The Hall–Kier alpha value is -2.77. The Balaban J connectivity index is 1.54. The molecule has 0 atom stereocenters. The molecule has 6 nitrogen and oxygen atoms in total. The van der Waals surface area contributed by atoms with Gasteiger partial charge in [0, 0.05) is 36.4 Å². The number of hydrogen-bond donors (Lipinski definition) is 1. The van der Waals surface area contributed by atoms with Crippen molar-refractivity contribution in [2.75, 3.05) is 38.2 Å². The number of nitrogens with one attached hydrogen (secondary N) is 1. The lowest BCUT2D eigenvalue weighted by atomic mass is 10.1. The largest absolute Gasteiger partial charge is 0.416 e. The molecule has 3 heterocycles. The van der Waals surface area contributed by atoms with Crippen LogP contribution in [0.25, 0.3) is 10.7 Å². The Morgan fingerprint density at radius 3 is 2.29 bits per heavy atom. The molecule has 0 aliphatic carbocycles. The number of ether oxygens (including phenoxy) is 1. The molecule has 0 bridgehead atoms. The predicted molar refractivity (Wildman–Crippen MR) is 119 cm³/mol. The molecule has 4 rings (SSSR count). The summed E-state index contributed by atoms with van der Waals surface area (Å²) in [5, 5.41) is 3.05. The van der Waals surface area contributed by atoms with E-state index in [1.807, 2.05) is 6.92 Å². The maximum Gasteiger partial charge on any atom is 0.416 e. The van der Waals surface area contributed by atoms with Gasteiger partial charge in [-0.05, 0) is 37.6 Å². The summed E-state index contributed by atoms with van der Waals surface area (Å²) in [6.07, 6.45) is -7.73. The average molecular weight is 517 g/mol. The van der Waals surface area contributed by atoms with Crippen molar-refractivity contribution in [2.24, 2.45) is 0 Å². The van der Waals surface area contributed by atoms with E-state index in [1.165, 1.54) is 17.5 Å². The van der Waals surface area contributed by atoms with Crippen molar-refractivity contribution in [3.8, 4) is 10.7 Å². The van der Waals surface area contributed by atoms with Gasteiger partial charge < -0.3 is 10.1 Å². The lowest BCUT2D eigenvalue weighted by molar-refractivity contribution is -0.143. The molecule has 1 fully saturated rings. The number of rotatable bonds is 6. The second-order valence-corrected chi connectivity index (χ2v) is 9.00. The number of nitrogens with zero attached hydrogens (tertiary/aromatic N) is 4. The van der Waals surface area contributed by atoms with Crippen LogP contribution in [0.1, 0.15) is 21.7 Å². The minimum absolute atomic E-state index is 0.0687. The molecule has 1 aromatic carbocycles. The minimum Gasteiger partial charge on any atom is -0.379 e.